The maximum absolute atomic E-state index is 13.0. The standard InChI is InChI=1S/C23H22F3N3O3/c1-4-32-22(31)19-13-27-29(18-10-8-15(9-11-18)14(2)3)20(19)28-21(30)16-6-5-7-17(12-16)23(24,25)26/h5-14H,4H2,1-3H3,(H,28,30). The number of nitrogens with zero attached hydrogens (tertiary/aromatic N) is 2. The third-order valence-corrected chi connectivity index (χ3v) is 4.75. The van der Waals surface area contributed by atoms with Gasteiger partial charge in [-0.3, -0.25) is 4.79 Å². The van der Waals surface area contributed by atoms with Gasteiger partial charge in [0.15, 0.2) is 5.82 Å². The van der Waals surface area contributed by atoms with Crippen LogP contribution < -0.4 is 5.32 Å². The number of anilines is 1. The molecule has 3 aromatic rings. The fraction of sp³-hybridized carbons (Fsp3) is 0.261. The quantitative estimate of drug-likeness (QED) is 0.513. The molecule has 0 bridgehead atoms. The topological polar surface area (TPSA) is 73.2 Å². The highest BCUT2D eigenvalue weighted by Crippen LogP contribution is 2.30. The Bertz CT molecular complexity index is 1120. The molecule has 0 saturated heterocycles. The smallest absolute Gasteiger partial charge is 0.416 e. The molecular weight excluding hydrogens is 423 g/mol. The Morgan fingerprint density at radius 3 is 2.41 bits per heavy atom. The number of aromatic nitrogens is 2. The lowest BCUT2D eigenvalue weighted by Crippen LogP contribution is -2.19. The summed E-state index contributed by atoms with van der Waals surface area (Å²) in [7, 11) is 0. The maximum Gasteiger partial charge on any atom is 0.416 e. The first-order valence-electron chi connectivity index (χ1n) is 9.96. The summed E-state index contributed by atoms with van der Waals surface area (Å²) >= 11 is 0. The van der Waals surface area contributed by atoms with E-state index in [1.807, 2.05) is 26.0 Å². The Labute approximate surface area is 183 Å². The Balaban J connectivity index is 2.01. The van der Waals surface area contributed by atoms with Gasteiger partial charge in [0, 0.05) is 5.56 Å². The Hall–Kier alpha value is -3.62. The van der Waals surface area contributed by atoms with Crippen molar-refractivity contribution in [2.24, 2.45) is 0 Å². The number of ether oxygens (including phenoxy) is 1. The van der Waals surface area contributed by atoms with Crippen molar-refractivity contribution in [2.75, 3.05) is 11.9 Å². The molecule has 0 aliphatic carbocycles. The van der Waals surface area contributed by atoms with Crippen LogP contribution in [0.1, 0.15) is 58.5 Å². The van der Waals surface area contributed by atoms with Gasteiger partial charge in [-0.05, 0) is 48.7 Å². The molecule has 1 N–H and O–H groups in total. The first-order chi connectivity index (χ1) is 15.1. The van der Waals surface area contributed by atoms with Crippen LogP contribution in [0.25, 0.3) is 5.69 Å². The Morgan fingerprint density at radius 1 is 1.12 bits per heavy atom. The molecule has 0 spiro atoms. The number of carbonyl (C=O) groups excluding carboxylic acids is 2. The van der Waals surface area contributed by atoms with Crippen LogP contribution in [-0.4, -0.2) is 28.3 Å². The average molecular weight is 445 g/mol. The van der Waals surface area contributed by atoms with E-state index in [9.17, 15) is 22.8 Å². The largest absolute Gasteiger partial charge is 0.462 e. The second-order valence-corrected chi connectivity index (χ2v) is 7.32. The normalized spacial score (nSPS) is 11.5. The SMILES string of the molecule is CCOC(=O)c1cnn(-c2ccc(C(C)C)cc2)c1NC(=O)c1cccc(C(F)(F)F)c1. The van der Waals surface area contributed by atoms with Crippen molar-refractivity contribution in [1.29, 1.82) is 0 Å². The lowest BCUT2D eigenvalue weighted by atomic mass is 10.0. The van der Waals surface area contributed by atoms with Crippen LogP contribution in [-0.2, 0) is 10.9 Å². The fourth-order valence-corrected chi connectivity index (χ4v) is 3.04. The van der Waals surface area contributed by atoms with Crippen LogP contribution in [0, 0.1) is 0 Å². The molecule has 0 unspecified atom stereocenters. The maximum atomic E-state index is 13.0. The molecule has 0 aliphatic heterocycles. The Kier molecular flexibility index (Phi) is 6.67. The number of alkyl halides is 3. The summed E-state index contributed by atoms with van der Waals surface area (Å²) in [5, 5.41) is 6.71. The zero-order valence-electron chi connectivity index (χ0n) is 17.7. The molecule has 1 aromatic heterocycles. The summed E-state index contributed by atoms with van der Waals surface area (Å²) in [6.45, 7) is 5.83. The molecular formula is C23H22F3N3O3. The number of nitrogens with one attached hydrogen (secondary N) is 1. The first kappa shape index (κ1) is 23.1. The van der Waals surface area contributed by atoms with E-state index in [-0.39, 0.29) is 23.6 Å². The van der Waals surface area contributed by atoms with Gasteiger partial charge >= 0.3 is 12.1 Å². The van der Waals surface area contributed by atoms with Crippen molar-refractivity contribution in [3.05, 3.63) is 77.0 Å². The highest BCUT2D eigenvalue weighted by Gasteiger charge is 2.31. The van der Waals surface area contributed by atoms with E-state index in [2.05, 4.69) is 10.4 Å². The van der Waals surface area contributed by atoms with Crippen molar-refractivity contribution < 1.29 is 27.5 Å². The fourth-order valence-electron chi connectivity index (χ4n) is 3.04. The van der Waals surface area contributed by atoms with E-state index < -0.39 is 23.6 Å². The van der Waals surface area contributed by atoms with Crippen LogP contribution in [0.5, 0.6) is 0 Å². The van der Waals surface area contributed by atoms with Crippen LogP contribution in [0.4, 0.5) is 19.0 Å². The minimum Gasteiger partial charge on any atom is -0.462 e. The molecule has 0 atom stereocenters. The second-order valence-electron chi connectivity index (χ2n) is 7.32. The van der Waals surface area contributed by atoms with Gasteiger partial charge in [-0.2, -0.15) is 18.3 Å². The molecule has 1 heterocycles. The van der Waals surface area contributed by atoms with Gasteiger partial charge in [0.05, 0.1) is 24.1 Å². The van der Waals surface area contributed by atoms with Crippen molar-refractivity contribution in [1.82, 2.24) is 9.78 Å². The summed E-state index contributed by atoms with van der Waals surface area (Å²) in [6.07, 6.45) is -3.34. The van der Waals surface area contributed by atoms with Crippen LogP contribution in [0.2, 0.25) is 0 Å². The molecule has 1 amide bonds. The van der Waals surface area contributed by atoms with Gasteiger partial charge in [0.25, 0.3) is 5.91 Å². The zero-order chi connectivity index (χ0) is 23.5. The van der Waals surface area contributed by atoms with Gasteiger partial charge in [-0.15, -0.1) is 0 Å². The van der Waals surface area contributed by atoms with E-state index in [0.29, 0.717) is 11.6 Å². The number of hydrogen-bond acceptors (Lipinski definition) is 4. The highest BCUT2D eigenvalue weighted by atomic mass is 19.4. The number of carbonyl (C=O) groups is 2. The third-order valence-electron chi connectivity index (χ3n) is 4.75. The summed E-state index contributed by atoms with van der Waals surface area (Å²) in [5.74, 6) is -1.22. The number of esters is 1. The molecule has 6 nitrogen and oxygen atoms in total. The number of amides is 1. The van der Waals surface area contributed by atoms with Gasteiger partial charge < -0.3 is 10.1 Å². The highest BCUT2D eigenvalue weighted by molar-refractivity contribution is 6.07. The minimum atomic E-state index is -4.59. The van der Waals surface area contributed by atoms with Crippen molar-refractivity contribution in [3.63, 3.8) is 0 Å². The average Bonchev–Trinajstić information content (AvgIpc) is 3.17. The van der Waals surface area contributed by atoms with Crippen molar-refractivity contribution in [2.45, 2.75) is 32.9 Å². The molecule has 32 heavy (non-hydrogen) atoms. The van der Waals surface area contributed by atoms with Crippen LogP contribution >= 0.6 is 0 Å². The first-order valence-corrected chi connectivity index (χ1v) is 9.96. The summed E-state index contributed by atoms with van der Waals surface area (Å²) in [6, 6.07) is 11.4. The van der Waals surface area contributed by atoms with Gasteiger partial charge in [0.1, 0.15) is 5.56 Å². The number of hydrogen-bond donors (Lipinski definition) is 1. The predicted molar refractivity (Wildman–Crippen MR) is 113 cm³/mol. The van der Waals surface area contributed by atoms with Gasteiger partial charge in [-0.25, -0.2) is 9.48 Å². The molecule has 168 valence electrons. The number of halogens is 3. The molecule has 0 saturated carbocycles. The summed E-state index contributed by atoms with van der Waals surface area (Å²) in [5.41, 5.74) is 0.469. The third kappa shape index (κ3) is 4.99. The molecule has 3 rings (SSSR count). The molecule has 2 aromatic carbocycles. The van der Waals surface area contributed by atoms with Crippen LogP contribution in [0.3, 0.4) is 0 Å². The van der Waals surface area contributed by atoms with E-state index in [1.54, 1.807) is 19.1 Å². The number of benzene rings is 2. The molecule has 9 heteroatoms. The van der Waals surface area contributed by atoms with E-state index in [4.69, 9.17) is 4.74 Å². The van der Waals surface area contributed by atoms with Crippen molar-refractivity contribution in [3.8, 4) is 5.69 Å². The molecule has 0 aliphatic rings. The van der Waals surface area contributed by atoms with E-state index >= 15 is 0 Å². The lowest BCUT2D eigenvalue weighted by Gasteiger charge is -2.13. The Morgan fingerprint density at radius 2 is 1.81 bits per heavy atom. The predicted octanol–water partition coefficient (Wildman–Crippen LogP) is 5.44. The van der Waals surface area contributed by atoms with Gasteiger partial charge in [0.2, 0.25) is 0 Å². The van der Waals surface area contributed by atoms with Gasteiger partial charge in [-0.1, -0.05) is 32.0 Å². The lowest BCUT2D eigenvalue weighted by molar-refractivity contribution is -0.137. The van der Waals surface area contributed by atoms with E-state index in [1.165, 1.54) is 16.9 Å². The number of rotatable bonds is 6. The molecule has 0 fully saturated rings. The van der Waals surface area contributed by atoms with Crippen molar-refractivity contribution >= 4 is 17.7 Å². The summed E-state index contributed by atoms with van der Waals surface area (Å²) < 4.78 is 45.5. The monoisotopic (exact) mass is 445 g/mol. The summed E-state index contributed by atoms with van der Waals surface area (Å²) in [4.78, 5) is 25.2. The molecule has 0 radical (unpaired) electrons. The van der Waals surface area contributed by atoms with Crippen LogP contribution in [0.15, 0.2) is 54.7 Å². The zero-order valence-corrected chi connectivity index (χ0v) is 17.7. The van der Waals surface area contributed by atoms with E-state index in [0.717, 1.165) is 23.8 Å². The second kappa shape index (κ2) is 9.25. The minimum absolute atomic E-state index is 0.00292.